The SMILES string of the molecule is CC1(CNc2ncccc2C(=O)Nc2ccc(C(F)(F)F)cc2)OCCO1. The second-order valence-electron chi connectivity index (χ2n) is 6.11. The number of hydrogen-bond acceptors (Lipinski definition) is 5. The normalized spacial score (nSPS) is 16.1. The second-order valence-corrected chi connectivity index (χ2v) is 6.11. The number of pyridine rings is 1. The molecule has 1 fully saturated rings. The fourth-order valence-corrected chi connectivity index (χ4v) is 2.57. The van der Waals surface area contributed by atoms with Crippen LogP contribution in [-0.4, -0.2) is 36.4 Å². The number of anilines is 2. The van der Waals surface area contributed by atoms with Gasteiger partial charge in [0.2, 0.25) is 0 Å². The van der Waals surface area contributed by atoms with Crippen LogP contribution in [0.3, 0.4) is 0 Å². The highest BCUT2D eigenvalue weighted by molar-refractivity contribution is 6.07. The molecule has 2 N–H and O–H groups in total. The van der Waals surface area contributed by atoms with Gasteiger partial charge in [0.15, 0.2) is 5.79 Å². The summed E-state index contributed by atoms with van der Waals surface area (Å²) in [6.07, 6.45) is -2.90. The van der Waals surface area contributed by atoms with E-state index in [-0.39, 0.29) is 17.8 Å². The summed E-state index contributed by atoms with van der Waals surface area (Å²) >= 11 is 0. The van der Waals surface area contributed by atoms with Crippen LogP contribution >= 0.6 is 0 Å². The van der Waals surface area contributed by atoms with Gasteiger partial charge in [0.25, 0.3) is 5.91 Å². The van der Waals surface area contributed by atoms with E-state index in [1.807, 2.05) is 0 Å². The highest BCUT2D eigenvalue weighted by Crippen LogP contribution is 2.30. The number of aromatic nitrogens is 1. The molecular weight excluding hydrogens is 363 g/mol. The fraction of sp³-hybridized carbons (Fsp3) is 0.333. The van der Waals surface area contributed by atoms with Crippen molar-refractivity contribution in [1.82, 2.24) is 4.98 Å². The Morgan fingerprint density at radius 1 is 1.19 bits per heavy atom. The average molecular weight is 381 g/mol. The van der Waals surface area contributed by atoms with E-state index < -0.39 is 23.4 Å². The molecule has 0 atom stereocenters. The van der Waals surface area contributed by atoms with E-state index in [1.165, 1.54) is 18.3 Å². The maximum atomic E-state index is 12.6. The first-order chi connectivity index (χ1) is 12.8. The van der Waals surface area contributed by atoms with E-state index >= 15 is 0 Å². The summed E-state index contributed by atoms with van der Waals surface area (Å²) in [6, 6.07) is 7.38. The number of halogens is 3. The minimum absolute atomic E-state index is 0.247. The van der Waals surface area contributed by atoms with E-state index in [9.17, 15) is 18.0 Å². The maximum Gasteiger partial charge on any atom is 0.416 e. The third-order valence-corrected chi connectivity index (χ3v) is 4.00. The number of benzene rings is 1. The molecule has 1 aromatic heterocycles. The molecule has 144 valence electrons. The highest BCUT2D eigenvalue weighted by atomic mass is 19.4. The molecule has 1 amide bonds. The molecule has 27 heavy (non-hydrogen) atoms. The van der Waals surface area contributed by atoms with Crippen molar-refractivity contribution >= 4 is 17.4 Å². The van der Waals surface area contributed by atoms with Crippen LogP contribution in [0.1, 0.15) is 22.8 Å². The van der Waals surface area contributed by atoms with Gasteiger partial charge in [-0.1, -0.05) is 0 Å². The third kappa shape index (κ3) is 4.75. The van der Waals surface area contributed by atoms with Gasteiger partial charge in [-0.2, -0.15) is 13.2 Å². The summed E-state index contributed by atoms with van der Waals surface area (Å²) in [5, 5.41) is 5.59. The molecule has 0 aliphatic carbocycles. The van der Waals surface area contributed by atoms with E-state index in [2.05, 4.69) is 15.6 Å². The lowest BCUT2D eigenvalue weighted by Crippen LogP contribution is -2.35. The van der Waals surface area contributed by atoms with Crippen LogP contribution in [0.25, 0.3) is 0 Å². The quantitative estimate of drug-likeness (QED) is 0.829. The molecule has 0 radical (unpaired) electrons. The Morgan fingerprint density at radius 2 is 1.85 bits per heavy atom. The van der Waals surface area contributed by atoms with Crippen LogP contribution in [0, 0.1) is 0 Å². The molecule has 0 spiro atoms. The smallest absolute Gasteiger partial charge is 0.364 e. The number of nitrogens with one attached hydrogen (secondary N) is 2. The van der Waals surface area contributed by atoms with Crippen LogP contribution in [0.2, 0.25) is 0 Å². The zero-order valence-electron chi connectivity index (χ0n) is 14.5. The Balaban J connectivity index is 1.69. The largest absolute Gasteiger partial charge is 0.416 e. The lowest BCUT2D eigenvalue weighted by atomic mass is 10.2. The number of carbonyl (C=O) groups is 1. The molecule has 0 bridgehead atoms. The van der Waals surface area contributed by atoms with Crippen molar-refractivity contribution in [3.05, 3.63) is 53.7 Å². The summed E-state index contributed by atoms with van der Waals surface area (Å²) in [4.78, 5) is 16.7. The molecule has 9 heteroatoms. The highest BCUT2D eigenvalue weighted by Gasteiger charge is 2.31. The van der Waals surface area contributed by atoms with Gasteiger partial charge < -0.3 is 20.1 Å². The van der Waals surface area contributed by atoms with Crippen molar-refractivity contribution in [3.8, 4) is 0 Å². The van der Waals surface area contributed by atoms with E-state index in [0.717, 1.165) is 12.1 Å². The number of ether oxygens (including phenoxy) is 2. The lowest BCUT2D eigenvalue weighted by molar-refractivity contribution is -0.137. The van der Waals surface area contributed by atoms with Gasteiger partial charge >= 0.3 is 6.18 Å². The third-order valence-electron chi connectivity index (χ3n) is 4.00. The molecule has 3 rings (SSSR count). The number of hydrogen-bond donors (Lipinski definition) is 2. The van der Waals surface area contributed by atoms with Crippen molar-refractivity contribution in [2.75, 3.05) is 30.4 Å². The molecule has 0 unspecified atom stereocenters. The van der Waals surface area contributed by atoms with Crippen LogP contribution in [-0.2, 0) is 15.7 Å². The number of amides is 1. The molecule has 1 aliphatic rings. The van der Waals surface area contributed by atoms with Gasteiger partial charge in [-0.15, -0.1) is 0 Å². The predicted molar refractivity (Wildman–Crippen MR) is 92.4 cm³/mol. The minimum atomic E-state index is -4.43. The van der Waals surface area contributed by atoms with E-state index in [0.29, 0.717) is 19.0 Å². The zero-order valence-corrected chi connectivity index (χ0v) is 14.5. The van der Waals surface area contributed by atoms with Crippen molar-refractivity contribution in [2.24, 2.45) is 0 Å². The van der Waals surface area contributed by atoms with Gasteiger partial charge in [-0.3, -0.25) is 4.79 Å². The van der Waals surface area contributed by atoms with Crippen molar-refractivity contribution < 1.29 is 27.4 Å². The van der Waals surface area contributed by atoms with Crippen molar-refractivity contribution in [1.29, 1.82) is 0 Å². The Labute approximate surface area is 153 Å². The molecular formula is C18H18F3N3O3. The van der Waals surface area contributed by atoms with E-state index in [4.69, 9.17) is 9.47 Å². The minimum Gasteiger partial charge on any atom is -0.364 e. The number of alkyl halides is 3. The zero-order chi connectivity index (χ0) is 19.5. The van der Waals surface area contributed by atoms with Crippen molar-refractivity contribution in [3.63, 3.8) is 0 Å². The summed E-state index contributed by atoms with van der Waals surface area (Å²) in [7, 11) is 0. The first kappa shape index (κ1) is 19.1. The van der Waals surface area contributed by atoms with Crippen LogP contribution in [0.15, 0.2) is 42.6 Å². The summed E-state index contributed by atoms with van der Waals surface area (Å²) < 4.78 is 48.8. The predicted octanol–water partition coefficient (Wildman–Crippen LogP) is 3.53. The lowest BCUT2D eigenvalue weighted by Gasteiger charge is -2.23. The second kappa shape index (κ2) is 7.53. The van der Waals surface area contributed by atoms with E-state index in [1.54, 1.807) is 19.1 Å². The molecule has 0 saturated carbocycles. The molecule has 6 nitrogen and oxygen atoms in total. The Kier molecular flexibility index (Phi) is 5.33. The topological polar surface area (TPSA) is 72.5 Å². The molecule has 1 aliphatic heterocycles. The van der Waals surface area contributed by atoms with Crippen LogP contribution in [0.5, 0.6) is 0 Å². The van der Waals surface area contributed by atoms with Gasteiger partial charge in [-0.05, 0) is 43.3 Å². The average Bonchev–Trinajstić information content (AvgIpc) is 3.07. The van der Waals surface area contributed by atoms with Crippen molar-refractivity contribution in [2.45, 2.75) is 18.9 Å². The first-order valence-corrected chi connectivity index (χ1v) is 8.22. The van der Waals surface area contributed by atoms with Gasteiger partial charge in [0.1, 0.15) is 5.82 Å². The van der Waals surface area contributed by atoms with Gasteiger partial charge in [0, 0.05) is 11.9 Å². The molecule has 1 aromatic carbocycles. The molecule has 2 heterocycles. The monoisotopic (exact) mass is 381 g/mol. The summed E-state index contributed by atoms with van der Waals surface area (Å²) in [6.45, 7) is 3.03. The number of rotatable bonds is 5. The Morgan fingerprint density at radius 3 is 2.48 bits per heavy atom. The standard InChI is InChI=1S/C18H18F3N3O3/c1-17(26-9-10-27-17)11-23-15-14(3-2-8-22-15)16(25)24-13-6-4-12(5-7-13)18(19,20)21/h2-8H,9-11H2,1H3,(H,22,23)(H,24,25). The van der Waals surface area contributed by atoms with Gasteiger partial charge in [0.05, 0.1) is 30.9 Å². The summed E-state index contributed by atoms with van der Waals surface area (Å²) in [5.41, 5.74) is -0.287. The van der Waals surface area contributed by atoms with Crippen LogP contribution in [0.4, 0.5) is 24.7 Å². The number of nitrogens with zero attached hydrogens (tertiary/aromatic N) is 1. The Hall–Kier alpha value is -2.65. The number of carbonyl (C=O) groups excluding carboxylic acids is 1. The van der Waals surface area contributed by atoms with Crippen LogP contribution < -0.4 is 10.6 Å². The molecule has 1 saturated heterocycles. The first-order valence-electron chi connectivity index (χ1n) is 8.22. The fourth-order valence-electron chi connectivity index (χ4n) is 2.57. The summed E-state index contributed by atoms with van der Waals surface area (Å²) in [5.74, 6) is -0.982. The van der Waals surface area contributed by atoms with Gasteiger partial charge in [-0.25, -0.2) is 4.98 Å². The Bertz CT molecular complexity index is 803. The maximum absolute atomic E-state index is 12.6. The molecule has 2 aromatic rings.